The van der Waals surface area contributed by atoms with Crippen molar-refractivity contribution in [3.05, 3.63) is 17.0 Å². The van der Waals surface area contributed by atoms with Gasteiger partial charge in [-0.2, -0.15) is 0 Å². The van der Waals surface area contributed by atoms with Crippen LogP contribution in [0.15, 0.2) is 22.0 Å². The lowest BCUT2D eigenvalue weighted by Gasteiger charge is -2.17. The minimum atomic E-state index is -1.14. The van der Waals surface area contributed by atoms with E-state index in [4.69, 9.17) is 4.74 Å². The van der Waals surface area contributed by atoms with Crippen molar-refractivity contribution in [2.75, 3.05) is 12.9 Å². The molecule has 0 aromatic carbocycles. The van der Waals surface area contributed by atoms with Gasteiger partial charge < -0.3 is 24.6 Å². The monoisotopic (exact) mass is 375 g/mol. The number of aromatic nitrogens is 3. The highest BCUT2D eigenvalue weighted by atomic mass is 79.9. The van der Waals surface area contributed by atoms with Crippen LogP contribution in [0.25, 0.3) is 11.0 Å². The molecule has 9 heteroatoms. The molecule has 114 valence electrons. The molecule has 2 aromatic rings. The van der Waals surface area contributed by atoms with Gasteiger partial charge in [0, 0.05) is 10.7 Å². The van der Waals surface area contributed by atoms with Crippen molar-refractivity contribution in [3.63, 3.8) is 0 Å². The standard InChI is InChI=1S/C12H14BrN3O4S/c1-21-11-7-5(13)2-16(10(7)14-4-15-11)12-9(19)8(18)6(3-17)20-12/h2,4,6,8-9,12,17-19H,3H2,1H3/t6-,8+,9-,12-/m0/s1. The van der Waals surface area contributed by atoms with Crippen molar-refractivity contribution in [3.8, 4) is 0 Å². The maximum Gasteiger partial charge on any atom is 0.164 e. The molecule has 0 saturated carbocycles. The van der Waals surface area contributed by atoms with Gasteiger partial charge in [0.05, 0.1) is 12.0 Å². The average molecular weight is 376 g/mol. The van der Waals surface area contributed by atoms with Crippen LogP contribution >= 0.6 is 27.7 Å². The summed E-state index contributed by atoms with van der Waals surface area (Å²) < 4.78 is 7.96. The van der Waals surface area contributed by atoms with Crippen molar-refractivity contribution in [1.82, 2.24) is 14.5 Å². The van der Waals surface area contributed by atoms with E-state index < -0.39 is 24.5 Å². The molecule has 2 aromatic heterocycles. The molecule has 0 unspecified atom stereocenters. The number of nitrogens with zero attached hydrogens (tertiary/aromatic N) is 3. The van der Waals surface area contributed by atoms with Gasteiger partial charge in [-0.25, -0.2) is 9.97 Å². The van der Waals surface area contributed by atoms with Gasteiger partial charge in [-0.3, -0.25) is 0 Å². The highest BCUT2D eigenvalue weighted by Crippen LogP contribution is 2.37. The second kappa shape index (κ2) is 5.82. The Balaban J connectivity index is 2.10. The Bertz CT molecular complexity index is 667. The summed E-state index contributed by atoms with van der Waals surface area (Å²) in [7, 11) is 0. The Morgan fingerprint density at radius 2 is 2.14 bits per heavy atom. The predicted molar refractivity (Wildman–Crippen MR) is 80.0 cm³/mol. The molecule has 0 radical (unpaired) electrons. The first kappa shape index (κ1) is 15.2. The molecule has 0 aliphatic carbocycles. The predicted octanol–water partition coefficient (Wildman–Crippen LogP) is 0.527. The van der Waals surface area contributed by atoms with Crippen molar-refractivity contribution in [2.45, 2.75) is 29.6 Å². The van der Waals surface area contributed by atoms with Crippen LogP contribution < -0.4 is 0 Å². The molecule has 4 atom stereocenters. The van der Waals surface area contributed by atoms with Crippen molar-refractivity contribution >= 4 is 38.7 Å². The maximum atomic E-state index is 10.1. The van der Waals surface area contributed by atoms with Crippen LogP contribution in [-0.2, 0) is 4.74 Å². The normalized spacial score (nSPS) is 29.4. The third-order valence-electron chi connectivity index (χ3n) is 3.51. The molecule has 3 N–H and O–H groups in total. The molecule has 1 aliphatic rings. The van der Waals surface area contributed by atoms with Crippen LogP contribution in [0.1, 0.15) is 6.23 Å². The van der Waals surface area contributed by atoms with Crippen molar-refractivity contribution < 1.29 is 20.1 Å². The zero-order chi connectivity index (χ0) is 15.1. The van der Waals surface area contributed by atoms with Gasteiger partial charge in [0.2, 0.25) is 0 Å². The first-order chi connectivity index (χ1) is 10.1. The molecule has 1 aliphatic heterocycles. The van der Waals surface area contributed by atoms with Gasteiger partial charge in [-0.1, -0.05) is 0 Å². The summed E-state index contributed by atoms with van der Waals surface area (Å²) in [5.41, 5.74) is 0.594. The van der Waals surface area contributed by atoms with E-state index in [-0.39, 0.29) is 6.61 Å². The fourth-order valence-electron chi connectivity index (χ4n) is 2.47. The molecular formula is C12H14BrN3O4S. The van der Waals surface area contributed by atoms with E-state index in [1.807, 2.05) is 6.26 Å². The summed E-state index contributed by atoms with van der Waals surface area (Å²) >= 11 is 4.95. The number of thioether (sulfide) groups is 1. The Labute approximate surface area is 133 Å². The first-order valence-corrected chi connectivity index (χ1v) is 8.27. The zero-order valence-corrected chi connectivity index (χ0v) is 13.5. The van der Waals surface area contributed by atoms with Gasteiger partial charge in [0.1, 0.15) is 35.3 Å². The van der Waals surface area contributed by atoms with E-state index in [1.54, 1.807) is 10.8 Å². The maximum absolute atomic E-state index is 10.1. The van der Waals surface area contributed by atoms with Crippen LogP contribution in [0.2, 0.25) is 0 Å². The van der Waals surface area contributed by atoms with Gasteiger partial charge >= 0.3 is 0 Å². The largest absolute Gasteiger partial charge is 0.394 e. The van der Waals surface area contributed by atoms with Crippen LogP contribution in [0, 0.1) is 0 Å². The minimum Gasteiger partial charge on any atom is -0.394 e. The highest BCUT2D eigenvalue weighted by molar-refractivity contribution is 9.10. The van der Waals surface area contributed by atoms with E-state index in [9.17, 15) is 15.3 Å². The van der Waals surface area contributed by atoms with Gasteiger partial charge in [0.15, 0.2) is 6.23 Å². The van der Waals surface area contributed by atoms with Crippen LogP contribution in [0.4, 0.5) is 0 Å². The zero-order valence-electron chi connectivity index (χ0n) is 11.0. The summed E-state index contributed by atoms with van der Waals surface area (Å²) in [4.78, 5) is 8.45. The quantitative estimate of drug-likeness (QED) is 0.531. The molecule has 3 rings (SSSR count). The molecule has 21 heavy (non-hydrogen) atoms. The molecular weight excluding hydrogens is 362 g/mol. The van der Waals surface area contributed by atoms with Gasteiger partial charge in [-0.15, -0.1) is 11.8 Å². The fourth-order valence-corrected chi connectivity index (χ4v) is 3.75. The Morgan fingerprint density at radius 1 is 1.38 bits per heavy atom. The lowest BCUT2D eigenvalue weighted by atomic mass is 10.1. The lowest BCUT2D eigenvalue weighted by molar-refractivity contribution is -0.0509. The van der Waals surface area contributed by atoms with Crippen LogP contribution in [0.5, 0.6) is 0 Å². The Kier molecular flexibility index (Phi) is 4.21. The number of aliphatic hydroxyl groups excluding tert-OH is 3. The van der Waals surface area contributed by atoms with E-state index in [1.165, 1.54) is 18.1 Å². The topological polar surface area (TPSA) is 101 Å². The summed E-state index contributed by atoms with van der Waals surface area (Å²) in [5.74, 6) is 0. The summed E-state index contributed by atoms with van der Waals surface area (Å²) in [5, 5.41) is 30.8. The number of hydrogen-bond acceptors (Lipinski definition) is 7. The molecule has 0 bridgehead atoms. The minimum absolute atomic E-state index is 0.361. The highest BCUT2D eigenvalue weighted by Gasteiger charge is 2.44. The fraction of sp³-hybridized carbons (Fsp3) is 0.500. The number of hydrogen-bond donors (Lipinski definition) is 3. The molecule has 1 saturated heterocycles. The van der Waals surface area contributed by atoms with Crippen LogP contribution in [0.3, 0.4) is 0 Å². The molecule has 3 heterocycles. The molecule has 7 nitrogen and oxygen atoms in total. The molecule has 0 spiro atoms. The smallest absolute Gasteiger partial charge is 0.164 e. The molecule has 1 fully saturated rings. The second-order valence-corrected chi connectivity index (χ2v) is 6.34. The van der Waals surface area contributed by atoms with E-state index in [2.05, 4.69) is 25.9 Å². The average Bonchev–Trinajstić information content (AvgIpc) is 2.98. The van der Waals surface area contributed by atoms with E-state index in [0.717, 1.165) is 14.9 Å². The third kappa shape index (κ3) is 2.37. The van der Waals surface area contributed by atoms with Gasteiger partial charge in [-0.05, 0) is 22.2 Å². The second-order valence-electron chi connectivity index (χ2n) is 4.69. The van der Waals surface area contributed by atoms with E-state index in [0.29, 0.717) is 5.65 Å². The summed E-state index contributed by atoms with van der Waals surface area (Å²) in [6.45, 7) is -0.361. The Hall–Kier alpha value is -0.710. The van der Waals surface area contributed by atoms with Crippen LogP contribution in [-0.4, -0.2) is 61.0 Å². The molecule has 0 amide bonds. The van der Waals surface area contributed by atoms with Gasteiger partial charge in [0.25, 0.3) is 0 Å². The van der Waals surface area contributed by atoms with Crippen molar-refractivity contribution in [2.24, 2.45) is 0 Å². The number of halogens is 1. The number of fused-ring (bicyclic) bond motifs is 1. The first-order valence-electron chi connectivity index (χ1n) is 6.26. The lowest BCUT2D eigenvalue weighted by Crippen LogP contribution is -2.33. The van der Waals surface area contributed by atoms with E-state index >= 15 is 0 Å². The summed E-state index contributed by atoms with van der Waals surface area (Å²) in [6, 6.07) is 0. The third-order valence-corrected chi connectivity index (χ3v) is 4.81. The SMILES string of the molecule is CSc1ncnc2c1c(Br)cn2[C@H]1O[C@@H](CO)[C@@H](O)[C@@H]1O. The van der Waals surface area contributed by atoms with Crippen molar-refractivity contribution in [1.29, 1.82) is 0 Å². The number of rotatable bonds is 3. The summed E-state index contributed by atoms with van der Waals surface area (Å²) in [6.07, 6.45) is 1.18. The number of aliphatic hydroxyl groups is 3. The number of ether oxygens (including phenoxy) is 1. The Morgan fingerprint density at radius 3 is 2.76 bits per heavy atom.